The average Bonchev–Trinajstić information content (AvgIpc) is 2.60. The first-order valence-corrected chi connectivity index (χ1v) is 9.05. The van der Waals surface area contributed by atoms with E-state index in [2.05, 4.69) is 27.9 Å². The molecule has 0 saturated heterocycles. The molecule has 2 rings (SSSR count). The van der Waals surface area contributed by atoms with Crippen molar-refractivity contribution in [1.82, 2.24) is 5.32 Å². The third-order valence-electron chi connectivity index (χ3n) is 3.24. The maximum Gasteiger partial charge on any atom is 0.354 e. The fourth-order valence-electron chi connectivity index (χ4n) is 2.02. The predicted molar refractivity (Wildman–Crippen MR) is 107 cm³/mol. The van der Waals surface area contributed by atoms with Crippen LogP contribution in [0.5, 0.6) is 0 Å². The summed E-state index contributed by atoms with van der Waals surface area (Å²) in [5.41, 5.74) is 1.44. The lowest BCUT2D eigenvalue weighted by Crippen LogP contribution is -2.29. The maximum absolute atomic E-state index is 12.5. The van der Waals surface area contributed by atoms with Crippen molar-refractivity contribution < 1.29 is 14.3 Å². The van der Waals surface area contributed by atoms with Crippen LogP contribution in [0, 0.1) is 9.49 Å². The zero-order valence-electron chi connectivity index (χ0n) is 14.2. The highest BCUT2D eigenvalue weighted by molar-refractivity contribution is 14.1. The number of hydrogen-bond acceptors (Lipinski definition) is 3. The van der Waals surface area contributed by atoms with Gasteiger partial charge in [-0.15, -0.1) is 0 Å². The van der Waals surface area contributed by atoms with Gasteiger partial charge in [-0.2, -0.15) is 0 Å². The Morgan fingerprint density at radius 1 is 1.08 bits per heavy atom. The van der Waals surface area contributed by atoms with Crippen molar-refractivity contribution in [2.45, 2.75) is 13.8 Å². The van der Waals surface area contributed by atoms with Gasteiger partial charge in [0, 0.05) is 3.57 Å². The number of esters is 1. The first kappa shape index (κ1) is 19.2. The number of nitrogens with one attached hydrogen (secondary N) is 1. The van der Waals surface area contributed by atoms with Gasteiger partial charge in [0.15, 0.2) is 0 Å². The van der Waals surface area contributed by atoms with Crippen molar-refractivity contribution in [3.63, 3.8) is 0 Å². The number of ether oxygens (including phenoxy) is 1. The highest BCUT2D eigenvalue weighted by atomic mass is 127. The van der Waals surface area contributed by atoms with Gasteiger partial charge in [0.1, 0.15) is 5.70 Å². The molecule has 0 aliphatic heterocycles. The smallest absolute Gasteiger partial charge is 0.354 e. The van der Waals surface area contributed by atoms with Gasteiger partial charge in [0.2, 0.25) is 0 Å². The molecular weight excluding hydrogens is 429 g/mol. The molecule has 0 aliphatic carbocycles. The topological polar surface area (TPSA) is 55.4 Å². The molecule has 2 aromatic carbocycles. The number of carbonyl (C=O) groups is 2. The fourth-order valence-corrected chi connectivity index (χ4v) is 2.65. The summed E-state index contributed by atoms with van der Waals surface area (Å²) < 4.78 is 6.09. The number of carbonyl (C=O) groups excluding carboxylic acids is 2. The van der Waals surface area contributed by atoms with Crippen molar-refractivity contribution in [1.29, 1.82) is 0 Å². The summed E-state index contributed by atoms with van der Waals surface area (Å²) in [5.74, 6) is -0.668. The van der Waals surface area contributed by atoms with E-state index in [1.807, 2.05) is 56.3 Å². The zero-order chi connectivity index (χ0) is 18.2. The van der Waals surface area contributed by atoms with Crippen molar-refractivity contribution in [2.75, 3.05) is 6.61 Å². The van der Waals surface area contributed by atoms with E-state index < -0.39 is 5.97 Å². The summed E-state index contributed by atoms with van der Waals surface area (Å²) in [5, 5.41) is 2.69. The summed E-state index contributed by atoms with van der Waals surface area (Å²) in [6, 6.07) is 16.5. The molecule has 0 unspecified atom stereocenters. The summed E-state index contributed by atoms with van der Waals surface area (Å²) in [6.07, 6.45) is 1.62. The van der Waals surface area contributed by atoms with Crippen LogP contribution in [0.1, 0.15) is 29.8 Å². The number of benzene rings is 2. The summed E-state index contributed by atoms with van der Waals surface area (Å²) in [7, 11) is 0. The van der Waals surface area contributed by atoms with Gasteiger partial charge in [-0.3, -0.25) is 4.79 Å². The first-order chi connectivity index (χ1) is 12.0. The van der Waals surface area contributed by atoms with Gasteiger partial charge < -0.3 is 10.1 Å². The van der Waals surface area contributed by atoms with Gasteiger partial charge in [-0.05, 0) is 52.3 Å². The molecule has 0 aliphatic rings. The number of rotatable bonds is 6. The van der Waals surface area contributed by atoms with Crippen LogP contribution in [0.2, 0.25) is 0 Å². The predicted octanol–water partition coefficient (Wildman–Crippen LogP) is 4.26. The summed E-state index contributed by atoms with van der Waals surface area (Å²) >= 11 is 2.09. The van der Waals surface area contributed by atoms with E-state index >= 15 is 0 Å². The second kappa shape index (κ2) is 9.36. The minimum Gasteiger partial charge on any atom is -0.461 e. The molecule has 4 nitrogen and oxygen atoms in total. The zero-order valence-corrected chi connectivity index (χ0v) is 16.3. The Bertz CT molecular complexity index is 770. The third kappa shape index (κ3) is 6.01. The highest BCUT2D eigenvalue weighted by Crippen LogP contribution is 2.13. The van der Waals surface area contributed by atoms with Gasteiger partial charge in [0.25, 0.3) is 5.91 Å². The second-order valence-electron chi connectivity index (χ2n) is 5.89. The lowest BCUT2D eigenvalue weighted by atomic mass is 10.1. The van der Waals surface area contributed by atoms with Crippen molar-refractivity contribution in [3.05, 3.63) is 75.0 Å². The second-order valence-corrected chi connectivity index (χ2v) is 7.06. The lowest BCUT2D eigenvalue weighted by molar-refractivity contribution is -0.140. The molecule has 130 valence electrons. The van der Waals surface area contributed by atoms with E-state index in [1.54, 1.807) is 18.2 Å². The Kier molecular flexibility index (Phi) is 7.18. The molecule has 0 atom stereocenters. The van der Waals surface area contributed by atoms with E-state index in [-0.39, 0.29) is 17.5 Å². The summed E-state index contributed by atoms with van der Waals surface area (Å²) in [4.78, 5) is 24.9. The van der Waals surface area contributed by atoms with Crippen LogP contribution in [-0.4, -0.2) is 18.5 Å². The highest BCUT2D eigenvalue weighted by Gasteiger charge is 2.17. The van der Waals surface area contributed by atoms with Crippen LogP contribution in [0.25, 0.3) is 6.08 Å². The molecule has 0 aromatic heterocycles. The lowest BCUT2D eigenvalue weighted by Gasteiger charge is -2.12. The molecule has 2 aromatic rings. The maximum atomic E-state index is 12.5. The molecule has 0 heterocycles. The summed E-state index contributed by atoms with van der Waals surface area (Å²) in [6.45, 7) is 4.21. The number of halogens is 1. The van der Waals surface area contributed by atoms with Crippen LogP contribution in [-0.2, 0) is 9.53 Å². The van der Waals surface area contributed by atoms with Crippen molar-refractivity contribution in [3.8, 4) is 0 Å². The minimum absolute atomic E-state index is 0.122. The molecule has 0 spiro atoms. The van der Waals surface area contributed by atoms with E-state index in [1.165, 1.54) is 0 Å². The normalized spacial score (nSPS) is 11.3. The quantitative estimate of drug-likeness (QED) is 0.408. The van der Waals surface area contributed by atoms with E-state index in [0.717, 1.165) is 9.13 Å². The molecule has 0 bridgehead atoms. The average molecular weight is 449 g/mol. The Balaban J connectivity index is 2.25. The van der Waals surface area contributed by atoms with Crippen molar-refractivity contribution >= 4 is 40.5 Å². The number of hydrogen-bond donors (Lipinski definition) is 1. The molecule has 0 fully saturated rings. The number of amides is 1. The van der Waals surface area contributed by atoms with Gasteiger partial charge in [0.05, 0.1) is 12.2 Å². The molecular formula is C20H20INO3. The monoisotopic (exact) mass is 449 g/mol. The SMILES string of the molecule is CC(C)COC(=O)C(=Cc1ccccc1)NC(=O)c1ccccc1I. The Morgan fingerprint density at radius 2 is 1.72 bits per heavy atom. The molecule has 0 saturated carbocycles. The molecule has 1 amide bonds. The minimum atomic E-state index is -0.545. The Morgan fingerprint density at radius 3 is 2.36 bits per heavy atom. The van der Waals surface area contributed by atoms with E-state index in [9.17, 15) is 9.59 Å². The third-order valence-corrected chi connectivity index (χ3v) is 4.19. The van der Waals surface area contributed by atoms with Crippen LogP contribution in [0.4, 0.5) is 0 Å². The van der Waals surface area contributed by atoms with Gasteiger partial charge >= 0.3 is 5.97 Å². The van der Waals surface area contributed by atoms with Crippen molar-refractivity contribution in [2.24, 2.45) is 5.92 Å². The molecule has 25 heavy (non-hydrogen) atoms. The van der Waals surface area contributed by atoms with Gasteiger partial charge in [-0.1, -0.05) is 56.3 Å². The first-order valence-electron chi connectivity index (χ1n) is 7.97. The Labute approximate surface area is 161 Å². The largest absolute Gasteiger partial charge is 0.461 e. The van der Waals surface area contributed by atoms with Crippen LogP contribution >= 0.6 is 22.6 Å². The molecule has 5 heteroatoms. The molecule has 1 N–H and O–H groups in total. The van der Waals surface area contributed by atoms with E-state index in [4.69, 9.17) is 4.74 Å². The van der Waals surface area contributed by atoms with E-state index in [0.29, 0.717) is 12.2 Å². The standard InChI is InChI=1S/C20H20INO3/c1-14(2)13-25-20(24)18(12-15-8-4-3-5-9-15)22-19(23)16-10-6-7-11-17(16)21/h3-12,14H,13H2,1-2H3,(H,22,23). The van der Waals surface area contributed by atoms with Crippen LogP contribution < -0.4 is 5.32 Å². The fraction of sp³-hybridized carbons (Fsp3) is 0.200. The van der Waals surface area contributed by atoms with Crippen LogP contribution in [0.15, 0.2) is 60.3 Å². The van der Waals surface area contributed by atoms with Gasteiger partial charge in [-0.25, -0.2) is 4.79 Å². The Hall–Kier alpha value is -2.15. The molecule has 0 radical (unpaired) electrons. The van der Waals surface area contributed by atoms with Crippen LogP contribution in [0.3, 0.4) is 0 Å².